The Hall–Kier alpha value is -3.37. The molecule has 1 atom stereocenters. The number of allylic oxidation sites excluding steroid dienone is 1. The number of rotatable bonds is 11. The number of carbonyl (C=O) groups is 2. The standard InChI is InChI=1S/C24H25ClFN5O3S/c1-4-11-31-23(15(2)27-21(32)12-16-5-8-18(34-3)9-6-16)29-30-24(31)35-14-22(33)28-17-7-10-20(26)19(25)13-17/h4-10,13,15H,1,11-12,14H2,2-3H3,(H,27,32)(H,28,33). The summed E-state index contributed by atoms with van der Waals surface area (Å²) in [6, 6.07) is 10.8. The summed E-state index contributed by atoms with van der Waals surface area (Å²) in [6.07, 6.45) is 1.89. The van der Waals surface area contributed by atoms with Gasteiger partial charge >= 0.3 is 0 Å². The lowest BCUT2D eigenvalue weighted by atomic mass is 10.1. The van der Waals surface area contributed by atoms with Crippen molar-refractivity contribution >= 4 is 40.9 Å². The second kappa shape index (κ2) is 12.4. The number of carbonyl (C=O) groups excluding carboxylic acids is 2. The van der Waals surface area contributed by atoms with Crippen LogP contribution in [-0.4, -0.2) is 39.4 Å². The average Bonchev–Trinajstić information content (AvgIpc) is 3.23. The molecule has 11 heteroatoms. The molecule has 184 valence electrons. The second-order valence-electron chi connectivity index (χ2n) is 7.52. The minimum Gasteiger partial charge on any atom is -0.497 e. The maximum atomic E-state index is 13.3. The van der Waals surface area contributed by atoms with E-state index in [0.717, 1.165) is 11.3 Å². The van der Waals surface area contributed by atoms with Gasteiger partial charge in [-0.15, -0.1) is 16.8 Å². The van der Waals surface area contributed by atoms with Gasteiger partial charge in [0.1, 0.15) is 11.6 Å². The summed E-state index contributed by atoms with van der Waals surface area (Å²) in [6.45, 7) is 5.98. The average molecular weight is 518 g/mol. The van der Waals surface area contributed by atoms with E-state index in [9.17, 15) is 14.0 Å². The molecule has 0 aliphatic heterocycles. The summed E-state index contributed by atoms with van der Waals surface area (Å²) >= 11 is 6.94. The summed E-state index contributed by atoms with van der Waals surface area (Å²) in [4.78, 5) is 24.9. The van der Waals surface area contributed by atoms with Gasteiger partial charge in [-0.1, -0.05) is 41.6 Å². The molecule has 1 unspecified atom stereocenters. The SMILES string of the molecule is C=CCn1c(SCC(=O)Nc2ccc(F)c(Cl)c2)nnc1C(C)NC(=O)Cc1ccc(OC)cc1. The van der Waals surface area contributed by atoms with Crippen LogP contribution < -0.4 is 15.4 Å². The van der Waals surface area contributed by atoms with Crippen molar-refractivity contribution < 1.29 is 18.7 Å². The van der Waals surface area contributed by atoms with E-state index in [1.165, 1.54) is 30.0 Å². The third-order valence-electron chi connectivity index (χ3n) is 4.88. The van der Waals surface area contributed by atoms with Gasteiger partial charge in [-0.2, -0.15) is 0 Å². The predicted molar refractivity (Wildman–Crippen MR) is 134 cm³/mol. The fourth-order valence-electron chi connectivity index (χ4n) is 3.21. The zero-order valence-corrected chi connectivity index (χ0v) is 20.8. The highest BCUT2D eigenvalue weighted by Gasteiger charge is 2.20. The maximum Gasteiger partial charge on any atom is 0.234 e. The molecule has 1 aromatic heterocycles. The first-order chi connectivity index (χ1) is 16.8. The molecule has 0 saturated carbocycles. The van der Waals surface area contributed by atoms with Gasteiger partial charge < -0.3 is 19.9 Å². The number of benzene rings is 2. The third-order valence-corrected chi connectivity index (χ3v) is 6.14. The number of nitrogens with one attached hydrogen (secondary N) is 2. The van der Waals surface area contributed by atoms with Gasteiger partial charge in [0.25, 0.3) is 0 Å². The number of thioether (sulfide) groups is 1. The van der Waals surface area contributed by atoms with Crippen molar-refractivity contribution in [3.05, 3.63) is 77.3 Å². The van der Waals surface area contributed by atoms with Crippen molar-refractivity contribution in [1.29, 1.82) is 0 Å². The van der Waals surface area contributed by atoms with Crippen molar-refractivity contribution in [1.82, 2.24) is 20.1 Å². The highest BCUT2D eigenvalue weighted by atomic mass is 35.5. The van der Waals surface area contributed by atoms with Gasteiger partial charge in [-0.25, -0.2) is 4.39 Å². The van der Waals surface area contributed by atoms with Crippen LogP contribution in [0.3, 0.4) is 0 Å². The Morgan fingerprint density at radius 3 is 2.63 bits per heavy atom. The van der Waals surface area contributed by atoms with E-state index in [1.54, 1.807) is 29.9 Å². The summed E-state index contributed by atoms with van der Waals surface area (Å²) < 4.78 is 20.2. The van der Waals surface area contributed by atoms with Crippen molar-refractivity contribution in [3.8, 4) is 5.75 Å². The summed E-state index contributed by atoms with van der Waals surface area (Å²) in [7, 11) is 1.59. The molecule has 35 heavy (non-hydrogen) atoms. The van der Waals surface area contributed by atoms with Crippen LogP contribution in [-0.2, 0) is 22.6 Å². The van der Waals surface area contributed by atoms with Crippen molar-refractivity contribution in [2.75, 3.05) is 18.2 Å². The normalized spacial score (nSPS) is 11.5. The van der Waals surface area contributed by atoms with E-state index in [-0.39, 0.29) is 29.0 Å². The van der Waals surface area contributed by atoms with Crippen LogP contribution >= 0.6 is 23.4 Å². The number of amides is 2. The lowest BCUT2D eigenvalue weighted by Gasteiger charge is -2.15. The Labute approximate surface area is 211 Å². The van der Waals surface area contributed by atoms with Crippen molar-refractivity contribution in [3.63, 3.8) is 0 Å². The number of anilines is 1. The van der Waals surface area contributed by atoms with E-state index < -0.39 is 11.9 Å². The predicted octanol–water partition coefficient (Wildman–Crippen LogP) is 4.42. The molecular weight excluding hydrogens is 493 g/mol. The van der Waals surface area contributed by atoms with Gasteiger partial charge in [-0.3, -0.25) is 9.59 Å². The highest BCUT2D eigenvalue weighted by molar-refractivity contribution is 7.99. The lowest BCUT2D eigenvalue weighted by Crippen LogP contribution is -2.30. The lowest BCUT2D eigenvalue weighted by molar-refractivity contribution is -0.121. The largest absolute Gasteiger partial charge is 0.497 e. The van der Waals surface area contributed by atoms with E-state index in [1.807, 2.05) is 19.1 Å². The first-order valence-electron chi connectivity index (χ1n) is 10.6. The molecule has 0 bridgehead atoms. The van der Waals surface area contributed by atoms with Gasteiger partial charge in [0.15, 0.2) is 11.0 Å². The monoisotopic (exact) mass is 517 g/mol. The summed E-state index contributed by atoms with van der Waals surface area (Å²) in [5, 5.41) is 14.4. The Bertz CT molecular complexity index is 1200. The number of methoxy groups -OCH3 is 1. The zero-order chi connectivity index (χ0) is 25.4. The van der Waals surface area contributed by atoms with Crippen LogP contribution in [0.5, 0.6) is 5.75 Å². The summed E-state index contributed by atoms with van der Waals surface area (Å²) in [5.41, 5.74) is 1.25. The molecule has 0 spiro atoms. The molecule has 2 N–H and O–H groups in total. The second-order valence-corrected chi connectivity index (χ2v) is 8.87. The number of halogens is 2. The Balaban J connectivity index is 1.60. The van der Waals surface area contributed by atoms with Gasteiger partial charge in [0.2, 0.25) is 11.8 Å². The van der Waals surface area contributed by atoms with Crippen LogP contribution in [0.1, 0.15) is 24.4 Å². The van der Waals surface area contributed by atoms with Crippen LogP contribution in [0.2, 0.25) is 5.02 Å². The molecule has 0 aliphatic carbocycles. The minimum absolute atomic E-state index is 0.0441. The number of ether oxygens (including phenoxy) is 1. The van der Waals surface area contributed by atoms with Crippen LogP contribution in [0, 0.1) is 5.82 Å². The molecule has 0 aliphatic rings. The summed E-state index contributed by atoms with van der Waals surface area (Å²) in [5.74, 6) is 0.272. The maximum absolute atomic E-state index is 13.3. The number of hydrogen-bond acceptors (Lipinski definition) is 6. The van der Waals surface area contributed by atoms with Crippen LogP contribution in [0.4, 0.5) is 10.1 Å². The molecule has 2 aromatic carbocycles. The topological polar surface area (TPSA) is 98.1 Å². The quantitative estimate of drug-likeness (QED) is 0.289. The first kappa shape index (κ1) is 26.2. The van der Waals surface area contributed by atoms with Crippen molar-refractivity contribution in [2.24, 2.45) is 0 Å². The smallest absolute Gasteiger partial charge is 0.234 e. The third kappa shape index (κ3) is 7.30. The molecule has 8 nitrogen and oxygen atoms in total. The fraction of sp³-hybridized carbons (Fsp3) is 0.250. The molecule has 3 aromatic rings. The number of nitrogens with zero attached hydrogens (tertiary/aromatic N) is 3. The highest BCUT2D eigenvalue weighted by Crippen LogP contribution is 2.23. The molecule has 0 fully saturated rings. The van der Waals surface area contributed by atoms with E-state index in [0.29, 0.717) is 23.2 Å². The molecule has 2 amide bonds. The Morgan fingerprint density at radius 1 is 1.23 bits per heavy atom. The van der Waals surface area contributed by atoms with Crippen LogP contribution in [0.15, 0.2) is 60.3 Å². The molecule has 1 heterocycles. The van der Waals surface area contributed by atoms with Gasteiger partial charge in [0.05, 0.1) is 30.3 Å². The first-order valence-corrected chi connectivity index (χ1v) is 12.0. The minimum atomic E-state index is -0.561. The number of hydrogen-bond donors (Lipinski definition) is 2. The molecule has 0 saturated heterocycles. The Kier molecular flexibility index (Phi) is 9.27. The van der Waals surface area contributed by atoms with Crippen LogP contribution in [0.25, 0.3) is 0 Å². The molecule has 0 radical (unpaired) electrons. The Morgan fingerprint density at radius 2 is 1.97 bits per heavy atom. The van der Waals surface area contributed by atoms with Gasteiger partial charge in [0, 0.05) is 12.2 Å². The molecule has 3 rings (SSSR count). The van der Waals surface area contributed by atoms with E-state index in [2.05, 4.69) is 27.4 Å². The number of aromatic nitrogens is 3. The molecular formula is C24H25ClFN5O3S. The van der Waals surface area contributed by atoms with E-state index in [4.69, 9.17) is 16.3 Å². The zero-order valence-electron chi connectivity index (χ0n) is 19.3. The van der Waals surface area contributed by atoms with E-state index >= 15 is 0 Å². The van der Waals surface area contributed by atoms with Crippen molar-refractivity contribution in [2.45, 2.75) is 31.1 Å². The fourth-order valence-corrected chi connectivity index (χ4v) is 4.15. The van der Waals surface area contributed by atoms with Gasteiger partial charge in [-0.05, 0) is 42.8 Å².